The first-order valence-electron chi connectivity index (χ1n) is 10.9. The van der Waals surface area contributed by atoms with Crippen LogP contribution in [0.2, 0.25) is 0 Å². The number of aliphatic hydroxyl groups is 1. The number of aliphatic carboxylic acids is 1. The summed E-state index contributed by atoms with van der Waals surface area (Å²) in [5.41, 5.74) is 0.355. The summed E-state index contributed by atoms with van der Waals surface area (Å²) in [6, 6.07) is 0. The lowest BCUT2D eigenvalue weighted by molar-refractivity contribution is -0.162. The van der Waals surface area contributed by atoms with Gasteiger partial charge in [0.2, 0.25) is 0 Å². The highest BCUT2D eigenvalue weighted by molar-refractivity contribution is 5.82. The number of hydrogen-bond acceptors (Lipinski definition) is 6. The molecule has 7 heteroatoms. The van der Waals surface area contributed by atoms with Crippen molar-refractivity contribution in [2.45, 2.75) is 69.5 Å². The van der Waals surface area contributed by atoms with Crippen LogP contribution < -0.4 is 0 Å². The molecule has 1 aliphatic carbocycles. The lowest BCUT2D eigenvalue weighted by Gasteiger charge is -2.40. The average molecular weight is 445 g/mol. The summed E-state index contributed by atoms with van der Waals surface area (Å²) in [5, 5.41) is 19.6. The first kappa shape index (κ1) is 24.2. The van der Waals surface area contributed by atoms with E-state index in [0.29, 0.717) is 13.0 Å². The van der Waals surface area contributed by atoms with Gasteiger partial charge in [-0.3, -0.25) is 0 Å². The Bertz CT molecular complexity index is 858. The van der Waals surface area contributed by atoms with Gasteiger partial charge in [0.15, 0.2) is 0 Å². The Morgan fingerprint density at radius 3 is 2.31 bits per heavy atom. The summed E-state index contributed by atoms with van der Waals surface area (Å²) >= 11 is 0. The van der Waals surface area contributed by atoms with Crippen LogP contribution in [0.4, 0.5) is 0 Å². The van der Waals surface area contributed by atoms with E-state index in [1.807, 2.05) is 20.8 Å². The number of carbonyl (C=O) groups excluding carboxylic acids is 1. The lowest BCUT2D eigenvalue weighted by Crippen LogP contribution is -2.54. The van der Waals surface area contributed by atoms with E-state index in [-0.39, 0.29) is 17.6 Å². The molecule has 2 saturated heterocycles. The molecule has 1 spiro atoms. The molecule has 3 fully saturated rings. The second-order valence-electron chi connectivity index (χ2n) is 8.97. The normalized spacial score (nSPS) is 36.4. The number of ether oxygens (including phenoxy) is 3. The number of allylic oxidation sites excluding steroid dienone is 7. The number of esters is 1. The van der Waals surface area contributed by atoms with E-state index < -0.39 is 29.7 Å². The van der Waals surface area contributed by atoms with Crippen molar-refractivity contribution in [3.8, 4) is 0 Å². The standard InChI is InChI=1S/C25H32O7/c1-17(2)12-13-19-24(3,32-19)23-22(29)18(14-15-25(23)16-30-25)31-21(28)11-9-7-5-4-6-8-10-20(26)27/h4-12,18-19,22-23,29H,13-16H2,1-3H3,(H,26,27)/b6-4+,7-5+,10-8+,11-9+/t18-,19+,22-,23-,24-,25+/m1/s1. The molecule has 0 unspecified atom stereocenters. The Morgan fingerprint density at radius 2 is 1.72 bits per heavy atom. The Balaban J connectivity index is 1.55. The van der Waals surface area contributed by atoms with Crippen LogP contribution in [0.25, 0.3) is 0 Å². The van der Waals surface area contributed by atoms with Crippen molar-refractivity contribution in [3.63, 3.8) is 0 Å². The average Bonchev–Trinajstić information content (AvgIpc) is 3.62. The fourth-order valence-corrected chi connectivity index (χ4v) is 4.53. The molecule has 32 heavy (non-hydrogen) atoms. The molecule has 0 aromatic heterocycles. The van der Waals surface area contributed by atoms with Crippen LogP contribution in [-0.4, -0.2) is 58.3 Å². The number of carboxylic acids is 1. The van der Waals surface area contributed by atoms with Gasteiger partial charge in [-0.2, -0.15) is 0 Å². The van der Waals surface area contributed by atoms with Crippen molar-refractivity contribution in [2.24, 2.45) is 5.92 Å². The third-order valence-electron chi connectivity index (χ3n) is 6.29. The van der Waals surface area contributed by atoms with E-state index in [2.05, 4.69) is 6.08 Å². The smallest absolute Gasteiger partial charge is 0.331 e. The minimum atomic E-state index is -1.02. The molecule has 3 aliphatic rings. The van der Waals surface area contributed by atoms with Crippen molar-refractivity contribution in [2.75, 3.05) is 6.61 Å². The molecule has 7 nitrogen and oxygen atoms in total. The van der Waals surface area contributed by atoms with E-state index in [4.69, 9.17) is 19.3 Å². The van der Waals surface area contributed by atoms with Crippen LogP contribution >= 0.6 is 0 Å². The van der Waals surface area contributed by atoms with Gasteiger partial charge in [0.05, 0.1) is 24.7 Å². The van der Waals surface area contributed by atoms with Gasteiger partial charge in [0.25, 0.3) is 0 Å². The summed E-state index contributed by atoms with van der Waals surface area (Å²) < 4.78 is 17.4. The zero-order valence-electron chi connectivity index (χ0n) is 18.8. The van der Waals surface area contributed by atoms with Gasteiger partial charge in [-0.1, -0.05) is 48.1 Å². The van der Waals surface area contributed by atoms with Gasteiger partial charge in [-0.05, 0) is 40.0 Å². The quantitative estimate of drug-likeness (QED) is 0.185. The van der Waals surface area contributed by atoms with Crippen LogP contribution in [0.15, 0.2) is 60.3 Å². The van der Waals surface area contributed by atoms with Gasteiger partial charge in [0, 0.05) is 12.2 Å². The molecule has 174 valence electrons. The maximum Gasteiger partial charge on any atom is 0.331 e. The van der Waals surface area contributed by atoms with Crippen molar-refractivity contribution < 1.29 is 34.0 Å². The molecular weight excluding hydrogens is 412 g/mol. The van der Waals surface area contributed by atoms with Crippen molar-refractivity contribution in [1.29, 1.82) is 0 Å². The minimum Gasteiger partial charge on any atom is -0.478 e. The second-order valence-corrected chi connectivity index (χ2v) is 8.97. The molecule has 2 N–H and O–H groups in total. The number of aliphatic hydroxyl groups excluding tert-OH is 1. The number of carboxylic acid groups (broad SMARTS) is 1. The number of hydrogen-bond donors (Lipinski definition) is 2. The highest BCUT2D eigenvalue weighted by Crippen LogP contribution is 2.59. The van der Waals surface area contributed by atoms with E-state index in [1.165, 1.54) is 23.8 Å². The Morgan fingerprint density at radius 1 is 1.09 bits per heavy atom. The highest BCUT2D eigenvalue weighted by Gasteiger charge is 2.71. The molecule has 0 amide bonds. The van der Waals surface area contributed by atoms with Crippen LogP contribution in [0, 0.1) is 5.92 Å². The molecular formula is C25H32O7. The van der Waals surface area contributed by atoms with Crippen molar-refractivity contribution >= 4 is 11.9 Å². The SMILES string of the molecule is CC(C)=CC[C@@H]1O[C@@]1(C)[C@H]1[C@H](O)[C@H](OC(=O)/C=C/C=C/C=C/C=C/C(=O)O)CC[C@]12CO2. The number of rotatable bonds is 9. The third-order valence-corrected chi connectivity index (χ3v) is 6.29. The Labute approximate surface area is 188 Å². The van der Waals surface area contributed by atoms with Gasteiger partial charge in [0.1, 0.15) is 17.3 Å². The van der Waals surface area contributed by atoms with Gasteiger partial charge >= 0.3 is 11.9 Å². The number of carbonyl (C=O) groups is 2. The highest BCUT2D eigenvalue weighted by atomic mass is 16.6. The van der Waals surface area contributed by atoms with Gasteiger partial charge in [-0.25, -0.2) is 9.59 Å². The van der Waals surface area contributed by atoms with E-state index in [9.17, 15) is 14.7 Å². The molecule has 0 bridgehead atoms. The Kier molecular flexibility index (Phi) is 7.54. The van der Waals surface area contributed by atoms with E-state index in [0.717, 1.165) is 18.9 Å². The first-order valence-corrected chi connectivity index (χ1v) is 10.9. The largest absolute Gasteiger partial charge is 0.478 e. The fraction of sp³-hybridized carbons (Fsp3) is 0.520. The van der Waals surface area contributed by atoms with Crippen LogP contribution in [0.5, 0.6) is 0 Å². The predicted octanol–water partition coefficient (Wildman–Crippen LogP) is 3.26. The zero-order chi connectivity index (χ0) is 23.4. The summed E-state index contributed by atoms with van der Waals surface area (Å²) in [4.78, 5) is 22.6. The molecule has 2 aliphatic heterocycles. The van der Waals surface area contributed by atoms with E-state index >= 15 is 0 Å². The Hall–Kier alpha value is -2.48. The van der Waals surface area contributed by atoms with Crippen molar-refractivity contribution in [1.82, 2.24) is 0 Å². The van der Waals surface area contributed by atoms with Crippen LogP contribution in [-0.2, 0) is 23.8 Å². The molecule has 0 aromatic rings. The number of epoxide rings is 2. The predicted molar refractivity (Wildman–Crippen MR) is 119 cm³/mol. The molecule has 1 saturated carbocycles. The van der Waals surface area contributed by atoms with Crippen LogP contribution in [0.3, 0.4) is 0 Å². The molecule has 3 rings (SSSR count). The minimum absolute atomic E-state index is 0.0241. The summed E-state index contributed by atoms with van der Waals surface area (Å²) in [6.07, 6.45) is 14.5. The summed E-state index contributed by atoms with van der Waals surface area (Å²) in [6.45, 7) is 6.71. The summed E-state index contributed by atoms with van der Waals surface area (Å²) in [7, 11) is 0. The zero-order valence-corrected chi connectivity index (χ0v) is 18.8. The van der Waals surface area contributed by atoms with Crippen LogP contribution in [0.1, 0.15) is 40.0 Å². The van der Waals surface area contributed by atoms with E-state index in [1.54, 1.807) is 24.3 Å². The topological polar surface area (TPSA) is 109 Å². The maximum atomic E-state index is 12.2. The molecule has 6 atom stereocenters. The first-order chi connectivity index (χ1) is 15.2. The second kappa shape index (κ2) is 9.98. The third kappa shape index (κ3) is 5.85. The lowest BCUT2D eigenvalue weighted by atomic mass is 9.68. The molecule has 0 aromatic carbocycles. The fourth-order valence-electron chi connectivity index (χ4n) is 4.53. The van der Waals surface area contributed by atoms with Gasteiger partial charge in [-0.15, -0.1) is 0 Å². The monoisotopic (exact) mass is 444 g/mol. The maximum absolute atomic E-state index is 12.2. The molecule has 0 radical (unpaired) electrons. The van der Waals surface area contributed by atoms with Crippen molar-refractivity contribution in [3.05, 3.63) is 60.3 Å². The van der Waals surface area contributed by atoms with Gasteiger partial charge < -0.3 is 24.4 Å². The molecule has 2 heterocycles. The summed E-state index contributed by atoms with van der Waals surface area (Å²) in [5.74, 6) is -1.79.